The number of fused-ring (bicyclic) bond motifs is 1. The van der Waals surface area contributed by atoms with Gasteiger partial charge in [0.15, 0.2) is 0 Å². The summed E-state index contributed by atoms with van der Waals surface area (Å²) >= 11 is 0. The van der Waals surface area contributed by atoms with E-state index in [9.17, 15) is 19.5 Å². The van der Waals surface area contributed by atoms with Crippen LogP contribution in [0.5, 0.6) is 5.75 Å². The summed E-state index contributed by atoms with van der Waals surface area (Å²) in [5, 5.41) is 12.4. The third-order valence-corrected chi connectivity index (χ3v) is 11.9. The minimum Gasteiger partial charge on any atom is -0.508 e. The molecule has 4 heterocycles. The fourth-order valence-corrected chi connectivity index (χ4v) is 8.79. The molecule has 55 heavy (non-hydrogen) atoms. The van der Waals surface area contributed by atoms with Crippen LogP contribution in [-0.4, -0.2) is 90.2 Å². The maximum Gasteiger partial charge on any atom is 0.255 e. The number of nitrogens with zero attached hydrogens (tertiary/aromatic N) is 4. The number of phenolic OH excluding ortho intramolecular Hbond substituents is 1. The van der Waals surface area contributed by atoms with E-state index in [2.05, 4.69) is 75.5 Å². The first-order valence-corrected chi connectivity index (χ1v) is 19.6. The number of anilines is 2. The van der Waals surface area contributed by atoms with Gasteiger partial charge in [-0.3, -0.25) is 24.6 Å². The lowest BCUT2D eigenvalue weighted by Gasteiger charge is -2.43. The lowest BCUT2D eigenvalue weighted by molar-refractivity contribution is -0.136. The molecule has 8 rings (SSSR count). The number of hydrogen-bond donors (Lipinski definition) is 2. The van der Waals surface area contributed by atoms with E-state index in [4.69, 9.17) is 0 Å². The van der Waals surface area contributed by atoms with E-state index in [1.54, 1.807) is 17.0 Å². The van der Waals surface area contributed by atoms with Crippen molar-refractivity contribution < 1.29 is 23.9 Å². The molecule has 0 saturated carbocycles. The smallest absolute Gasteiger partial charge is 0.255 e. The third kappa shape index (κ3) is 7.60. The highest BCUT2D eigenvalue weighted by Crippen LogP contribution is 2.37. The number of phenols is 1. The molecule has 4 aliphatic rings. The predicted molar refractivity (Wildman–Crippen MR) is 214 cm³/mol. The molecule has 0 spiro atoms. The minimum absolute atomic E-state index is 0.168. The summed E-state index contributed by atoms with van der Waals surface area (Å²) in [7, 11) is 0. The van der Waals surface area contributed by atoms with Gasteiger partial charge in [-0.25, -0.2) is 4.39 Å². The van der Waals surface area contributed by atoms with Crippen molar-refractivity contribution in [3.63, 3.8) is 0 Å². The van der Waals surface area contributed by atoms with E-state index >= 15 is 4.39 Å². The highest BCUT2D eigenvalue weighted by molar-refractivity contribution is 6.05. The zero-order valence-electron chi connectivity index (χ0n) is 31.3. The SMILES string of the molecule is CC/C(=C(\c1ccc(O)cc1)c1ccc(N2CCC(F)(CN3CCN(c4ccc5c(c4)CN(C4CCC(=O)NC4=O)C5=O)CC3)CC2)cc1)c1ccccc1. The Labute approximate surface area is 322 Å². The van der Waals surface area contributed by atoms with Gasteiger partial charge in [0.1, 0.15) is 17.5 Å². The predicted octanol–water partition coefficient (Wildman–Crippen LogP) is 6.65. The Morgan fingerprint density at radius 2 is 1.42 bits per heavy atom. The first kappa shape index (κ1) is 36.5. The van der Waals surface area contributed by atoms with E-state index in [1.807, 2.05) is 36.4 Å². The molecule has 3 saturated heterocycles. The van der Waals surface area contributed by atoms with Gasteiger partial charge in [0, 0.05) is 88.6 Å². The summed E-state index contributed by atoms with van der Waals surface area (Å²) in [6.45, 7) is 7.32. The topological polar surface area (TPSA) is 96.4 Å². The average molecular weight is 742 g/mol. The normalized spacial score (nSPS) is 20.7. The van der Waals surface area contributed by atoms with Crippen LogP contribution in [0.3, 0.4) is 0 Å². The first-order chi connectivity index (χ1) is 26.7. The zero-order valence-corrected chi connectivity index (χ0v) is 31.3. The molecule has 10 heteroatoms. The zero-order chi connectivity index (χ0) is 38.1. The molecule has 3 fully saturated rings. The number of alkyl halides is 1. The van der Waals surface area contributed by atoms with Crippen molar-refractivity contribution in [1.29, 1.82) is 0 Å². The van der Waals surface area contributed by atoms with Crippen molar-refractivity contribution >= 4 is 40.2 Å². The molecule has 2 N–H and O–H groups in total. The number of piperidine rings is 2. The number of allylic oxidation sites excluding steroid dienone is 1. The van der Waals surface area contributed by atoms with Gasteiger partial charge in [0.2, 0.25) is 11.8 Å². The van der Waals surface area contributed by atoms with Gasteiger partial charge in [-0.15, -0.1) is 0 Å². The Morgan fingerprint density at radius 1 is 0.782 bits per heavy atom. The van der Waals surface area contributed by atoms with Crippen LogP contribution >= 0.6 is 0 Å². The molecule has 4 aromatic rings. The highest BCUT2D eigenvalue weighted by Gasteiger charge is 2.40. The van der Waals surface area contributed by atoms with Crippen LogP contribution < -0.4 is 15.1 Å². The number of amides is 3. The molecule has 1 atom stereocenters. The lowest BCUT2D eigenvalue weighted by atomic mass is 9.88. The molecule has 4 aromatic carbocycles. The Hall–Kier alpha value is -5.48. The molecule has 1 unspecified atom stereocenters. The number of imide groups is 1. The molecular formula is C45H48FN5O4. The first-order valence-electron chi connectivity index (χ1n) is 19.6. The number of benzene rings is 4. The molecule has 0 aromatic heterocycles. The summed E-state index contributed by atoms with van der Waals surface area (Å²) in [5.41, 5.74) is 8.10. The van der Waals surface area contributed by atoms with E-state index in [0.717, 1.165) is 66.2 Å². The number of aromatic hydroxyl groups is 1. The highest BCUT2D eigenvalue weighted by atomic mass is 19.1. The summed E-state index contributed by atoms with van der Waals surface area (Å²) < 4.78 is 16.4. The number of nitrogens with one attached hydrogen (secondary N) is 1. The van der Waals surface area contributed by atoms with E-state index < -0.39 is 17.6 Å². The molecule has 284 valence electrons. The third-order valence-electron chi connectivity index (χ3n) is 11.9. The Morgan fingerprint density at radius 3 is 2.07 bits per heavy atom. The minimum atomic E-state index is -1.24. The monoisotopic (exact) mass is 741 g/mol. The van der Waals surface area contributed by atoms with Gasteiger partial charge in [-0.05, 0) is 88.7 Å². The van der Waals surface area contributed by atoms with Gasteiger partial charge in [-0.2, -0.15) is 0 Å². The second-order valence-electron chi connectivity index (χ2n) is 15.3. The van der Waals surface area contributed by atoms with Crippen molar-refractivity contribution in [2.45, 2.75) is 57.3 Å². The number of piperazine rings is 1. The molecule has 3 amide bonds. The summed E-state index contributed by atoms with van der Waals surface area (Å²) in [4.78, 5) is 45.6. The Bertz CT molecular complexity index is 2090. The van der Waals surface area contributed by atoms with Gasteiger partial charge >= 0.3 is 0 Å². The molecular weight excluding hydrogens is 694 g/mol. The average Bonchev–Trinajstić information content (AvgIpc) is 3.53. The fourth-order valence-electron chi connectivity index (χ4n) is 8.79. The van der Waals surface area contributed by atoms with Gasteiger partial charge in [0.25, 0.3) is 5.91 Å². The van der Waals surface area contributed by atoms with Crippen LogP contribution in [0.15, 0.2) is 97.1 Å². The van der Waals surface area contributed by atoms with Crippen molar-refractivity contribution in [3.05, 3.63) is 125 Å². The molecule has 0 radical (unpaired) electrons. The van der Waals surface area contributed by atoms with Gasteiger partial charge < -0.3 is 19.8 Å². The number of carbonyl (C=O) groups is 3. The largest absolute Gasteiger partial charge is 0.508 e. The maximum atomic E-state index is 16.4. The Kier molecular flexibility index (Phi) is 10.2. The van der Waals surface area contributed by atoms with Crippen LogP contribution in [0.4, 0.5) is 15.8 Å². The van der Waals surface area contributed by atoms with Crippen LogP contribution in [0, 0.1) is 0 Å². The quantitative estimate of drug-likeness (QED) is 0.147. The number of halogens is 1. The fraction of sp³-hybridized carbons (Fsp3) is 0.356. The Balaban J connectivity index is 0.868. The molecule has 9 nitrogen and oxygen atoms in total. The van der Waals surface area contributed by atoms with Gasteiger partial charge in [0.05, 0.1) is 0 Å². The van der Waals surface area contributed by atoms with E-state index in [1.165, 1.54) is 11.1 Å². The van der Waals surface area contributed by atoms with Crippen molar-refractivity contribution in [2.75, 3.05) is 55.6 Å². The van der Waals surface area contributed by atoms with Crippen LogP contribution in [0.2, 0.25) is 0 Å². The maximum absolute atomic E-state index is 16.4. The van der Waals surface area contributed by atoms with Crippen molar-refractivity contribution in [2.24, 2.45) is 0 Å². The lowest BCUT2D eigenvalue weighted by Crippen LogP contribution is -2.53. The van der Waals surface area contributed by atoms with Crippen LogP contribution in [0.1, 0.15) is 71.6 Å². The standard InChI is InChI=1S/C45H48FN5O4/c1-2-38(31-6-4-3-5-7-31)42(33-10-15-37(52)16-11-33)32-8-12-35(13-9-32)49-22-20-45(46,21-23-49)30-48-24-26-50(27-25-48)36-14-17-39-34(28-36)29-51(44(39)55)40-18-19-41(53)47-43(40)54/h3-17,28,40,52H,2,18-27,29-30H2,1H3,(H,47,53,54)/b42-38+. The summed E-state index contributed by atoms with van der Waals surface area (Å²) in [5.74, 6) is -0.625. The summed E-state index contributed by atoms with van der Waals surface area (Å²) in [6.07, 6.45) is 2.38. The molecule has 0 aliphatic carbocycles. The summed E-state index contributed by atoms with van der Waals surface area (Å²) in [6, 6.07) is 31.7. The van der Waals surface area contributed by atoms with E-state index in [0.29, 0.717) is 51.0 Å². The second-order valence-corrected chi connectivity index (χ2v) is 15.3. The molecule has 4 aliphatic heterocycles. The second kappa shape index (κ2) is 15.3. The van der Waals surface area contributed by atoms with Crippen molar-refractivity contribution in [3.8, 4) is 5.75 Å². The number of hydrogen-bond acceptors (Lipinski definition) is 7. The molecule has 0 bridgehead atoms. The number of rotatable bonds is 9. The van der Waals surface area contributed by atoms with Crippen molar-refractivity contribution in [1.82, 2.24) is 15.1 Å². The van der Waals surface area contributed by atoms with E-state index in [-0.39, 0.29) is 24.0 Å². The van der Waals surface area contributed by atoms with Crippen LogP contribution in [0.25, 0.3) is 11.1 Å². The van der Waals surface area contributed by atoms with Crippen LogP contribution in [-0.2, 0) is 16.1 Å². The van der Waals surface area contributed by atoms with Gasteiger partial charge in [-0.1, -0.05) is 61.5 Å². The number of carbonyl (C=O) groups excluding carboxylic acids is 3.